The lowest BCUT2D eigenvalue weighted by atomic mass is 10.2. The molecule has 20 heavy (non-hydrogen) atoms. The lowest BCUT2D eigenvalue weighted by Gasteiger charge is -2.18. The summed E-state index contributed by atoms with van der Waals surface area (Å²) in [7, 11) is 0. The SMILES string of the molecule is Cc1cc(N(CCC(=O)O)C(=O)c2ccccc2)no1. The first-order valence-electron chi connectivity index (χ1n) is 6.10. The zero-order valence-electron chi connectivity index (χ0n) is 10.9. The van der Waals surface area contributed by atoms with E-state index >= 15 is 0 Å². The molecule has 1 N–H and O–H groups in total. The highest BCUT2D eigenvalue weighted by Gasteiger charge is 2.21. The number of aryl methyl sites for hydroxylation is 1. The fraction of sp³-hybridized carbons (Fsp3) is 0.214. The van der Waals surface area contributed by atoms with Crippen molar-refractivity contribution in [2.24, 2.45) is 0 Å². The quantitative estimate of drug-likeness (QED) is 0.902. The first-order valence-corrected chi connectivity index (χ1v) is 6.10. The molecule has 0 unspecified atom stereocenters. The molecular weight excluding hydrogens is 260 g/mol. The van der Waals surface area contributed by atoms with Gasteiger partial charge in [0.05, 0.1) is 6.42 Å². The Hall–Kier alpha value is -2.63. The number of rotatable bonds is 5. The summed E-state index contributed by atoms with van der Waals surface area (Å²) in [4.78, 5) is 24.4. The van der Waals surface area contributed by atoms with Gasteiger partial charge >= 0.3 is 5.97 Å². The molecule has 6 nitrogen and oxygen atoms in total. The van der Waals surface area contributed by atoms with Crippen molar-refractivity contribution in [1.82, 2.24) is 5.16 Å². The van der Waals surface area contributed by atoms with Gasteiger partial charge in [-0.25, -0.2) is 0 Å². The third kappa shape index (κ3) is 3.23. The molecule has 0 atom stereocenters. The van der Waals surface area contributed by atoms with Gasteiger partial charge in [0.15, 0.2) is 5.82 Å². The van der Waals surface area contributed by atoms with E-state index in [1.165, 1.54) is 4.90 Å². The zero-order valence-corrected chi connectivity index (χ0v) is 10.9. The number of hydrogen-bond donors (Lipinski definition) is 1. The van der Waals surface area contributed by atoms with Gasteiger partial charge in [0.2, 0.25) is 0 Å². The Morgan fingerprint density at radius 1 is 1.30 bits per heavy atom. The minimum atomic E-state index is -0.976. The van der Waals surface area contributed by atoms with Crippen LogP contribution < -0.4 is 4.90 Å². The third-order valence-electron chi connectivity index (χ3n) is 2.71. The van der Waals surface area contributed by atoms with Crippen LogP contribution in [0.1, 0.15) is 22.5 Å². The highest BCUT2D eigenvalue weighted by atomic mass is 16.5. The Kier molecular flexibility index (Phi) is 4.14. The van der Waals surface area contributed by atoms with Gasteiger partial charge in [-0.3, -0.25) is 14.5 Å². The Morgan fingerprint density at radius 3 is 2.55 bits per heavy atom. The number of aromatic nitrogens is 1. The van der Waals surface area contributed by atoms with Gasteiger partial charge in [-0.15, -0.1) is 0 Å². The van der Waals surface area contributed by atoms with Crippen molar-refractivity contribution in [1.29, 1.82) is 0 Å². The highest BCUT2D eigenvalue weighted by Crippen LogP contribution is 2.17. The van der Waals surface area contributed by atoms with Gasteiger partial charge < -0.3 is 9.63 Å². The number of amides is 1. The molecule has 0 bridgehead atoms. The summed E-state index contributed by atoms with van der Waals surface area (Å²) in [6, 6.07) is 10.2. The molecule has 0 saturated heterocycles. The molecule has 0 aliphatic heterocycles. The maximum absolute atomic E-state index is 12.4. The molecule has 1 heterocycles. The predicted molar refractivity (Wildman–Crippen MR) is 71.6 cm³/mol. The van der Waals surface area contributed by atoms with Gasteiger partial charge in [-0.1, -0.05) is 23.4 Å². The number of nitrogens with zero attached hydrogens (tertiary/aromatic N) is 2. The van der Waals surface area contributed by atoms with Crippen LogP contribution >= 0.6 is 0 Å². The van der Waals surface area contributed by atoms with E-state index in [0.717, 1.165) is 0 Å². The molecule has 2 aromatic rings. The van der Waals surface area contributed by atoms with Crippen LogP contribution in [0.3, 0.4) is 0 Å². The molecule has 0 aliphatic carbocycles. The molecule has 1 amide bonds. The fourth-order valence-corrected chi connectivity index (χ4v) is 1.74. The second kappa shape index (κ2) is 6.01. The van der Waals surface area contributed by atoms with Gasteiger partial charge in [0.25, 0.3) is 5.91 Å². The van der Waals surface area contributed by atoms with E-state index < -0.39 is 5.97 Å². The van der Waals surface area contributed by atoms with Gasteiger partial charge in [0.1, 0.15) is 5.76 Å². The van der Waals surface area contributed by atoms with Crippen molar-refractivity contribution >= 4 is 17.7 Å². The molecule has 0 fully saturated rings. The minimum absolute atomic E-state index is 0.0367. The van der Waals surface area contributed by atoms with Crippen LogP contribution in [0, 0.1) is 6.92 Å². The van der Waals surface area contributed by atoms with Crippen molar-refractivity contribution in [2.45, 2.75) is 13.3 Å². The molecular formula is C14H14N2O4. The van der Waals surface area contributed by atoms with Crippen LogP contribution in [-0.4, -0.2) is 28.7 Å². The normalized spacial score (nSPS) is 10.2. The maximum Gasteiger partial charge on any atom is 0.305 e. The average molecular weight is 274 g/mol. The third-order valence-corrected chi connectivity index (χ3v) is 2.71. The molecule has 0 saturated carbocycles. The summed E-state index contributed by atoms with van der Waals surface area (Å²) in [6.45, 7) is 1.74. The monoisotopic (exact) mass is 274 g/mol. The molecule has 1 aromatic carbocycles. The van der Waals surface area contributed by atoms with E-state index in [1.54, 1.807) is 43.3 Å². The Bertz CT molecular complexity index is 607. The molecule has 104 valence electrons. The summed E-state index contributed by atoms with van der Waals surface area (Å²) in [5.41, 5.74) is 0.471. The molecule has 1 aromatic heterocycles. The van der Waals surface area contributed by atoms with Crippen molar-refractivity contribution in [3.8, 4) is 0 Å². The van der Waals surface area contributed by atoms with Crippen LogP contribution in [0.2, 0.25) is 0 Å². The average Bonchev–Trinajstić information content (AvgIpc) is 2.86. The van der Waals surface area contributed by atoms with E-state index in [9.17, 15) is 9.59 Å². The van der Waals surface area contributed by atoms with Crippen LogP contribution in [0.4, 0.5) is 5.82 Å². The highest BCUT2D eigenvalue weighted by molar-refractivity contribution is 6.05. The van der Waals surface area contributed by atoms with Crippen molar-refractivity contribution in [2.75, 3.05) is 11.4 Å². The number of benzene rings is 1. The van der Waals surface area contributed by atoms with Crippen LogP contribution in [0.5, 0.6) is 0 Å². The van der Waals surface area contributed by atoms with Crippen LogP contribution in [-0.2, 0) is 4.79 Å². The van der Waals surface area contributed by atoms with E-state index in [0.29, 0.717) is 17.1 Å². The number of carboxylic acids is 1. The lowest BCUT2D eigenvalue weighted by Crippen LogP contribution is -2.33. The number of carbonyl (C=O) groups is 2. The van der Waals surface area contributed by atoms with Gasteiger partial charge in [-0.05, 0) is 19.1 Å². The fourth-order valence-electron chi connectivity index (χ4n) is 1.74. The zero-order chi connectivity index (χ0) is 14.5. The molecule has 0 aliphatic rings. The van der Waals surface area contributed by atoms with Gasteiger partial charge in [-0.2, -0.15) is 0 Å². The molecule has 2 rings (SSSR count). The summed E-state index contributed by atoms with van der Waals surface area (Å²) in [5.74, 6) is -0.407. The molecule has 6 heteroatoms. The largest absolute Gasteiger partial charge is 0.481 e. The van der Waals surface area contributed by atoms with E-state index in [1.807, 2.05) is 0 Å². The Labute approximate surface area is 115 Å². The van der Waals surface area contributed by atoms with Crippen molar-refractivity contribution < 1.29 is 19.2 Å². The summed E-state index contributed by atoms with van der Waals surface area (Å²) in [5, 5.41) is 12.6. The number of anilines is 1. The van der Waals surface area contributed by atoms with Crippen LogP contribution in [0.25, 0.3) is 0 Å². The smallest absolute Gasteiger partial charge is 0.305 e. The number of hydrogen-bond acceptors (Lipinski definition) is 4. The lowest BCUT2D eigenvalue weighted by molar-refractivity contribution is -0.136. The van der Waals surface area contributed by atoms with E-state index in [-0.39, 0.29) is 18.9 Å². The number of aliphatic carboxylic acids is 1. The molecule has 0 radical (unpaired) electrons. The minimum Gasteiger partial charge on any atom is -0.481 e. The Balaban J connectivity index is 2.26. The summed E-state index contributed by atoms with van der Waals surface area (Å²) < 4.78 is 4.95. The predicted octanol–water partition coefficient (Wildman–Crippen LogP) is 2.10. The standard InChI is InChI=1S/C14H14N2O4/c1-10-9-12(15-20-10)16(8-7-13(17)18)14(19)11-5-3-2-4-6-11/h2-6,9H,7-8H2,1H3,(H,17,18). The van der Waals surface area contributed by atoms with E-state index in [4.69, 9.17) is 9.63 Å². The van der Waals surface area contributed by atoms with Crippen LogP contribution in [0.15, 0.2) is 40.9 Å². The topological polar surface area (TPSA) is 83.6 Å². The summed E-state index contributed by atoms with van der Waals surface area (Å²) >= 11 is 0. The second-order valence-electron chi connectivity index (χ2n) is 4.26. The number of carbonyl (C=O) groups excluding carboxylic acids is 1. The molecule has 0 spiro atoms. The summed E-state index contributed by atoms with van der Waals surface area (Å²) in [6.07, 6.45) is -0.162. The van der Waals surface area contributed by atoms with Crippen molar-refractivity contribution in [3.05, 3.63) is 47.7 Å². The first-order chi connectivity index (χ1) is 9.58. The second-order valence-corrected chi connectivity index (χ2v) is 4.26. The Morgan fingerprint density at radius 2 is 2.00 bits per heavy atom. The first kappa shape index (κ1) is 13.8. The maximum atomic E-state index is 12.4. The van der Waals surface area contributed by atoms with E-state index in [2.05, 4.69) is 5.16 Å². The number of carboxylic acid groups (broad SMARTS) is 1. The van der Waals surface area contributed by atoms with Gasteiger partial charge in [0, 0.05) is 18.2 Å². The van der Waals surface area contributed by atoms with Crippen molar-refractivity contribution in [3.63, 3.8) is 0 Å².